The van der Waals surface area contributed by atoms with E-state index in [1.54, 1.807) is 7.11 Å². The fourth-order valence-electron chi connectivity index (χ4n) is 3.75. The van der Waals surface area contributed by atoms with Crippen molar-refractivity contribution in [3.63, 3.8) is 0 Å². The van der Waals surface area contributed by atoms with Crippen LogP contribution in [0.3, 0.4) is 0 Å². The van der Waals surface area contributed by atoms with Crippen molar-refractivity contribution in [2.24, 2.45) is 12.0 Å². The highest BCUT2D eigenvalue weighted by molar-refractivity contribution is 14.0. The van der Waals surface area contributed by atoms with Gasteiger partial charge in [-0.1, -0.05) is 37.0 Å². The van der Waals surface area contributed by atoms with Crippen LogP contribution in [0, 0.1) is 13.8 Å². The average molecular weight is 526 g/mol. The Morgan fingerprint density at radius 2 is 1.97 bits per heavy atom. The lowest BCUT2D eigenvalue weighted by Gasteiger charge is -2.25. The summed E-state index contributed by atoms with van der Waals surface area (Å²) < 4.78 is 7.49. The van der Waals surface area contributed by atoms with Crippen LogP contribution < -0.4 is 15.4 Å². The van der Waals surface area contributed by atoms with Crippen molar-refractivity contribution >= 4 is 29.9 Å². The Balaban J connectivity index is 0.00000320. The van der Waals surface area contributed by atoms with Crippen molar-refractivity contribution in [2.75, 3.05) is 13.7 Å². The second-order valence-corrected chi connectivity index (χ2v) is 7.86. The third kappa shape index (κ3) is 6.85. The normalized spacial score (nSPS) is 14.9. The molecule has 1 aliphatic rings. The minimum atomic E-state index is 0. The number of guanidine groups is 1. The minimum absolute atomic E-state index is 0. The molecule has 0 saturated heterocycles. The summed E-state index contributed by atoms with van der Waals surface area (Å²) in [6, 6.07) is 6.80. The molecule has 0 amide bonds. The summed E-state index contributed by atoms with van der Waals surface area (Å²) in [5, 5.41) is 15.5. The van der Waals surface area contributed by atoms with Crippen molar-refractivity contribution in [3.05, 3.63) is 41.0 Å². The molecule has 2 aromatic rings. The lowest BCUT2D eigenvalue weighted by molar-refractivity contribution is 0.407. The largest absolute Gasteiger partial charge is 0.496 e. The Hall–Kier alpha value is -1.84. The molecule has 0 unspecified atom stereocenters. The maximum absolute atomic E-state index is 5.51. The van der Waals surface area contributed by atoms with Gasteiger partial charge in [0.15, 0.2) is 11.8 Å². The molecule has 166 valence electrons. The van der Waals surface area contributed by atoms with Crippen LogP contribution in [0.1, 0.15) is 54.9 Å². The Bertz CT molecular complexity index is 829. The Morgan fingerprint density at radius 3 is 2.63 bits per heavy atom. The van der Waals surface area contributed by atoms with E-state index in [0.29, 0.717) is 12.6 Å². The molecule has 8 heteroatoms. The first-order valence-corrected chi connectivity index (χ1v) is 10.6. The lowest BCUT2D eigenvalue weighted by Crippen LogP contribution is -2.44. The van der Waals surface area contributed by atoms with Crippen LogP contribution >= 0.6 is 24.0 Å². The molecule has 0 radical (unpaired) electrons. The molecule has 7 nitrogen and oxygen atoms in total. The van der Waals surface area contributed by atoms with Gasteiger partial charge in [-0.3, -0.25) is 0 Å². The zero-order chi connectivity index (χ0) is 20.6. The van der Waals surface area contributed by atoms with E-state index in [0.717, 1.165) is 36.3 Å². The van der Waals surface area contributed by atoms with Crippen LogP contribution in [-0.4, -0.2) is 40.4 Å². The van der Waals surface area contributed by atoms with Gasteiger partial charge in [-0.15, -0.1) is 34.2 Å². The first-order chi connectivity index (χ1) is 14.1. The number of benzene rings is 1. The third-order valence-electron chi connectivity index (χ3n) is 5.63. The predicted octanol–water partition coefficient (Wildman–Crippen LogP) is 3.67. The molecule has 0 atom stereocenters. The predicted molar refractivity (Wildman–Crippen MR) is 132 cm³/mol. The van der Waals surface area contributed by atoms with Crippen LogP contribution in [0.2, 0.25) is 0 Å². The number of aromatic nitrogens is 3. The van der Waals surface area contributed by atoms with Gasteiger partial charge in [0.2, 0.25) is 0 Å². The number of hydrogen-bond acceptors (Lipinski definition) is 4. The van der Waals surface area contributed by atoms with Gasteiger partial charge in [-0.25, -0.2) is 4.99 Å². The van der Waals surface area contributed by atoms with Gasteiger partial charge in [0.25, 0.3) is 0 Å². The second kappa shape index (κ2) is 12.1. The quantitative estimate of drug-likeness (QED) is 0.327. The first-order valence-electron chi connectivity index (χ1n) is 10.6. The Morgan fingerprint density at radius 1 is 1.20 bits per heavy atom. The summed E-state index contributed by atoms with van der Waals surface area (Å²) in [5.74, 6) is 3.55. The Labute approximate surface area is 197 Å². The third-order valence-corrected chi connectivity index (χ3v) is 5.63. The smallest absolute Gasteiger partial charge is 0.191 e. The molecule has 0 aliphatic heterocycles. The van der Waals surface area contributed by atoms with E-state index in [-0.39, 0.29) is 24.0 Å². The molecule has 30 heavy (non-hydrogen) atoms. The van der Waals surface area contributed by atoms with E-state index < -0.39 is 0 Å². The molecular weight excluding hydrogens is 491 g/mol. The van der Waals surface area contributed by atoms with Gasteiger partial charge in [0.05, 0.1) is 7.11 Å². The van der Waals surface area contributed by atoms with E-state index in [2.05, 4.69) is 39.9 Å². The zero-order valence-corrected chi connectivity index (χ0v) is 20.9. The van der Waals surface area contributed by atoms with E-state index in [9.17, 15) is 0 Å². The molecule has 1 aliphatic carbocycles. The number of rotatable bonds is 7. The maximum Gasteiger partial charge on any atom is 0.191 e. The number of aliphatic imine (C=N–C) groups is 1. The number of ether oxygens (including phenoxy) is 1. The van der Waals surface area contributed by atoms with Crippen LogP contribution in [-0.2, 0) is 20.0 Å². The molecule has 1 aromatic heterocycles. The van der Waals surface area contributed by atoms with E-state index in [4.69, 9.17) is 9.73 Å². The number of halogens is 1. The average Bonchev–Trinajstić information content (AvgIpc) is 3.05. The summed E-state index contributed by atoms with van der Waals surface area (Å²) >= 11 is 0. The highest BCUT2D eigenvalue weighted by Gasteiger charge is 2.15. The summed E-state index contributed by atoms with van der Waals surface area (Å²) in [6.07, 6.45) is 7.19. The fraction of sp³-hybridized carbons (Fsp3) is 0.591. The van der Waals surface area contributed by atoms with Crippen molar-refractivity contribution < 1.29 is 4.74 Å². The summed E-state index contributed by atoms with van der Waals surface area (Å²) in [4.78, 5) is 4.79. The summed E-state index contributed by atoms with van der Waals surface area (Å²) in [6.45, 7) is 5.36. The topological polar surface area (TPSA) is 76.4 Å². The van der Waals surface area contributed by atoms with Crippen LogP contribution in [0.15, 0.2) is 23.2 Å². The van der Waals surface area contributed by atoms with Crippen LogP contribution in [0.5, 0.6) is 5.75 Å². The zero-order valence-electron chi connectivity index (χ0n) is 18.6. The molecular formula is C22H35IN6O. The second-order valence-electron chi connectivity index (χ2n) is 7.86. The maximum atomic E-state index is 5.51. The Kier molecular flexibility index (Phi) is 9.87. The lowest BCUT2D eigenvalue weighted by atomic mass is 9.96. The fourth-order valence-corrected chi connectivity index (χ4v) is 3.75. The number of aryl methyl sites for hydroxylation is 2. The van der Waals surface area contributed by atoms with Gasteiger partial charge in [0, 0.05) is 19.6 Å². The molecule has 1 saturated carbocycles. The van der Waals surface area contributed by atoms with Crippen molar-refractivity contribution in [1.82, 2.24) is 25.4 Å². The molecule has 3 rings (SSSR count). The van der Waals surface area contributed by atoms with E-state index in [1.807, 2.05) is 24.6 Å². The van der Waals surface area contributed by atoms with Crippen molar-refractivity contribution in [2.45, 2.75) is 65.0 Å². The van der Waals surface area contributed by atoms with E-state index in [1.165, 1.54) is 43.2 Å². The van der Waals surface area contributed by atoms with Crippen molar-refractivity contribution in [1.29, 1.82) is 0 Å². The molecule has 1 heterocycles. The van der Waals surface area contributed by atoms with Gasteiger partial charge < -0.3 is 19.9 Å². The summed E-state index contributed by atoms with van der Waals surface area (Å²) in [7, 11) is 3.70. The molecule has 0 spiro atoms. The standard InChI is InChI=1S/C22H34N6O.HI/c1-16-10-11-20(29-4)18(14-16)12-13-23-22(25-19-8-6-5-7-9-19)24-15-21-27-26-17(2)28(21)3;/h10-11,14,19H,5-9,12-13,15H2,1-4H3,(H2,23,24,25);1H. The van der Waals surface area contributed by atoms with Crippen LogP contribution in [0.25, 0.3) is 0 Å². The molecule has 2 N–H and O–H groups in total. The van der Waals surface area contributed by atoms with Gasteiger partial charge in [0.1, 0.15) is 18.1 Å². The molecule has 1 aromatic carbocycles. The monoisotopic (exact) mass is 526 g/mol. The highest BCUT2D eigenvalue weighted by Crippen LogP contribution is 2.20. The van der Waals surface area contributed by atoms with E-state index >= 15 is 0 Å². The van der Waals surface area contributed by atoms with Gasteiger partial charge >= 0.3 is 0 Å². The van der Waals surface area contributed by atoms with Gasteiger partial charge in [-0.05, 0) is 44.7 Å². The van der Waals surface area contributed by atoms with Crippen molar-refractivity contribution in [3.8, 4) is 5.75 Å². The highest BCUT2D eigenvalue weighted by atomic mass is 127. The molecule has 1 fully saturated rings. The summed E-state index contributed by atoms with van der Waals surface area (Å²) in [5.41, 5.74) is 2.45. The van der Waals surface area contributed by atoms with Crippen LogP contribution in [0.4, 0.5) is 0 Å². The number of methoxy groups -OCH3 is 1. The SMILES string of the molecule is COc1ccc(C)cc1CCNC(=NCc1nnc(C)n1C)NC1CCCCC1.I. The first kappa shape index (κ1) is 24.4. The molecule has 0 bridgehead atoms. The number of nitrogens with one attached hydrogen (secondary N) is 2. The van der Waals surface area contributed by atoms with Gasteiger partial charge in [-0.2, -0.15) is 0 Å². The number of hydrogen-bond donors (Lipinski definition) is 2. The minimum Gasteiger partial charge on any atom is -0.496 e. The number of nitrogens with zero attached hydrogens (tertiary/aromatic N) is 4.